The highest BCUT2D eigenvalue weighted by molar-refractivity contribution is 6.28. The Bertz CT molecular complexity index is 638. The summed E-state index contributed by atoms with van der Waals surface area (Å²) in [5, 5.41) is 9.20. The van der Waals surface area contributed by atoms with Gasteiger partial charge in [0.25, 0.3) is 0 Å². The number of nitrogens with zero attached hydrogens (tertiary/aromatic N) is 3. The Morgan fingerprint density at radius 3 is 2.80 bits per heavy atom. The van der Waals surface area contributed by atoms with Crippen LogP contribution in [0.1, 0.15) is 6.92 Å². The molecule has 0 aliphatic heterocycles. The van der Waals surface area contributed by atoms with Gasteiger partial charge in [-0.2, -0.15) is 4.98 Å². The van der Waals surface area contributed by atoms with Crippen LogP contribution < -0.4 is 11.2 Å². The van der Waals surface area contributed by atoms with Crippen molar-refractivity contribution in [3.05, 3.63) is 26.1 Å². The van der Waals surface area contributed by atoms with Crippen LogP contribution in [0.4, 0.5) is 0 Å². The third kappa shape index (κ3) is 1.23. The monoisotopic (exact) mass is 230 g/mol. The third-order valence-electron chi connectivity index (χ3n) is 2.05. The van der Waals surface area contributed by atoms with Crippen molar-refractivity contribution in [2.75, 3.05) is 0 Å². The summed E-state index contributed by atoms with van der Waals surface area (Å²) < 4.78 is 1.17. The fraction of sp³-hybridized carbons (Fsp3) is 0.286. The number of aromatic nitrogens is 4. The van der Waals surface area contributed by atoms with Gasteiger partial charge in [0.05, 0.1) is 0 Å². The number of imidazole rings is 1. The van der Waals surface area contributed by atoms with Gasteiger partial charge in [0.1, 0.15) is 0 Å². The topological polar surface area (TPSA) is 92.9 Å². The molecule has 0 unspecified atom stereocenters. The molecule has 0 amide bonds. The standard InChI is InChI=1S/C7H7ClN4O3/c1-2-11-4-3(9-6(8)10-4)5(13)12(15)7(11)14/h15H,2H2,1H3,(H,9,10). The lowest BCUT2D eigenvalue weighted by Crippen LogP contribution is -2.38. The lowest BCUT2D eigenvalue weighted by Gasteiger charge is -2.03. The molecule has 2 N–H and O–H groups in total. The lowest BCUT2D eigenvalue weighted by atomic mass is 10.5. The minimum absolute atomic E-state index is 0.00366. The first-order valence-electron chi connectivity index (χ1n) is 4.16. The number of aromatic amines is 1. The molecule has 2 heterocycles. The van der Waals surface area contributed by atoms with Gasteiger partial charge in [0.15, 0.2) is 11.2 Å². The summed E-state index contributed by atoms with van der Waals surface area (Å²) in [6, 6.07) is 0. The van der Waals surface area contributed by atoms with E-state index in [4.69, 9.17) is 11.6 Å². The van der Waals surface area contributed by atoms with Gasteiger partial charge >= 0.3 is 11.2 Å². The van der Waals surface area contributed by atoms with Gasteiger partial charge < -0.3 is 10.2 Å². The van der Waals surface area contributed by atoms with Gasteiger partial charge in [0.2, 0.25) is 5.28 Å². The number of halogens is 1. The first kappa shape index (κ1) is 9.78. The molecule has 15 heavy (non-hydrogen) atoms. The average Bonchev–Trinajstić information content (AvgIpc) is 2.58. The zero-order chi connectivity index (χ0) is 11.2. The molecule has 0 saturated carbocycles. The van der Waals surface area contributed by atoms with Crippen molar-refractivity contribution >= 4 is 22.8 Å². The van der Waals surface area contributed by atoms with Gasteiger partial charge in [-0.1, -0.05) is 4.73 Å². The van der Waals surface area contributed by atoms with E-state index in [-0.39, 0.29) is 27.7 Å². The molecule has 0 aromatic carbocycles. The summed E-state index contributed by atoms with van der Waals surface area (Å²) >= 11 is 5.58. The van der Waals surface area contributed by atoms with Crippen LogP contribution in [0, 0.1) is 0 Å². The molecule has 0 aliphatic carbocycles. The largest absolute Gasteiger partial charge is 0.421 e. The second kappa shape index (κ2) is 3.13. The van der Waals surface area contributed by atoms with Crippen LogP contribution in [0.2, 0.25) is 5.28 Å². The molecular formula is C7H7ClN4O3. The fourth-order valence-electron chi connectivity index (χ4n) is 1.36. The highest BCUT2D eigenvalue weighted by atomic mass is 35.5. The molecule has 2 rings (SSSR count). The average molecular weight is 231 g/mol. The molecule has 2 aromatic rings. The molecular weight excluding hydrogens is 224 g/mol. The number of hydrogen-bond acceptors (Lipinski definition) is 4. The van der Waals surface area contributed by atoms with Crippen molar-refractivity contribution in [1.29, 1.82) is 0 Å². The maximum Gasteiger partial charge on any atom is 0.366 e. The highest BCUT2D eigenvalue weighted by Gasteiger charge is 2.14. The van der Waals surface area contributed by atoms with Crippen LogP contribution in [-0.4, -0.2) is 24.5 Å². The minimum atomic E-state index is -0.862. The maximum absolute atomic E-state index is 11.4. The van der Waals surface area contributed by atoms with E-state index in [2.05, 4.69) is 9.97 Å². The Morgan fingerprint density at radius 1 is 1.53 bits per heavy atom. The van der Waals surface area contributed by atoms with E-state index in [0.717, 1.165) is 4.57 Å². The quantitative estimate of drug-likeness (QED) is 0.524. The van der Waals surface area contributed by atoms with Crippen molar-refractivity contribution in [2.24, 2.45) is 0 Å². The molecule has 0 bridgehead atoms. The van der Waals surface area contributed by atoms with Crippen molar-refractivity contribution < 1.29 is 5.21 Å². The molecule has 0 radical (unpaired) electrons. The van der Waals surface area contributed by atoms with E-state index in [0.29, 0.717) is 0 Å². The fourth-order valence-corrected chi connectivity index (χ4v) is 1.54. The Hall–Kier alpha value is -1.76. The second-order valence-electron chi connectivity index (χ2n) is 2.87. The van der Waals surface area contributed by atoms with E-state index in [1.807, 2.05) is 0 Å². The molecule has 0 atom stereocenters. The second-order valence-corrected chi connectivity index (χ2v) is 3.23. The first-order valence-corrected chi connectivity index (χ1v) is 4.54. The minimum Gasteiger partial charge on any atom is -0.421 e. The summed E-state index contributed by atoms with van der Waals surface area (Å²) in [4.78, 5) is 29.1. The van der Waals surface area contributed by atoms with E-state index in [1.165, 1.54) is 0 Å². The highest BCUT2D eigenvalue weighted by Crippen LogP contribution is 2.08. The number of aryl methyl sites for hydroxylation is 1. The molecule has 2 aromatic heterocycles. The van der Waals surface area contributed by atoms with Crippen LogP contribution in [0.5, 0.6) is 0 Å². The van der Waals surface area contributed by atoms with Crippen LogP contribution in [-0.2, 0) is 6.54 Å². The maximum atomic E-state index is 11.4. The third-order valence-corrected chi connectivity index (χ3v) is 2.23. The summed E-state index contributed by atoms with van der Waals surface area (Å²) in [6.45, 7) is 1.96. The number of rotatable bonds is 1. The van der Waals surface area contributed by atoms with Crippen molar-refractivity contribution in [3.8, 4) is 0 Å². The van der Waals surface area contributed by atoms with Gasteiger partial charge in [-0.15, -0.1) is 0 Å². The molecule has 80 valence electrons. The normalized spacial score (nSPS) is 11.1. The van der Waals surface area contributed by atoms with Crippen LogP contribution in [0.3, 0.4) is 0 Å². The van der Waals surface area contributed by atoms with E-state index in [9.17, 15) is 14.8 Å². The van der Waals surface area contributed by atoms with Crippen molar-refractivity contribution in [3.63, 3.8) is 0 Å². The Labute approximate surface area is 87.5 Å². The zero-order valence-electron chi connectivity index (χ0n) is 7.69. The van der Waals surface area contributed by atoms with Gasteiger partial charge in [-0.3, -0.25) is 9.36 Å². The summed E-state index contributed by atoms with van der Waals surface area (Å²) in [5.41, 5.74) is -1.55. The predicted molar refractivity (Wildman–Crippen MR) is 52.5 cm³/mol. The van der Waals surface area contributed by atoms with E-state index < -0.39 is 11.2 Å². The number of H-pyrrole nitrogens is 1. The summed E-state index contributed by atoms with van der Waals surface area (Å²) in [5.74, 6) is 0. The summed E-state index contributed by atoms with van der Waals surface area (Å²) in [7, 11) is 0. The summed E-state index contributed by atoms with van der Waals surface area (Å²) in [6.07, 6.45) is 0. The van der Waals surface area contributed by atoms with Gasteiger partial charge in [0, 0.05) is 6.54 Å². The first-order chi connectivity index (χ1) is 7.06. The van der Waals surface area contributed by atoms with Crippen LogP contribution in [0.25, 0.3) is 11.2 Å². The van der Waals surface area contributed by atoms with Gasteiger partial charge in [-0.05, 0) is 18.5 Å². The zero-order valence-corrected chi connectivity index (χ0v) is 8.45. The Morgan fingerprint density at radius 2 is 2.20 bits per heavy atom. The number of hydrogen-bond donors (Lipinski definition) is 2. The molecule has 0 fully saturated rings. The van der Waals surface area contributed by atoms with Gasteiger partial charge in [-0.25, -0.2) is 4.79 Å². The van der Waals surface area contributed by atoms with E-state index >= 15 is 0 Å². The smallest absolute Gasteiger partial charge is 0.366 e. The van der Waals surface area contributed by atoms with Crippen molar-refractivity contribution in [1.82, 2.24) is 19.3 Å². The van der Waals surface area contributed by atoms with Crippen LogP contribution >= 0.6 is 11.6 Å². The molecule has 8 heteroatoms. The predicted octanol–water partition coefficient (Wildman–Crippen LogP) is -0.203. The Balaban J connectivity index is 3.11. The van der Waals surface area contributed by atoms with Crippen molar-refractivity contribution in [2.45, 2.75) is 13.5 Å². The Kier molecular flexibility index (Phi) is 2.04. The SMILES string of the molecule is CCn1c(=O)n(O)c(=O)c2[nH]c(Cl)nc21. The lowest BCUT2D eigenvalue weighted by molar-refractivity contribution is 0.157. The molecule has 0 spiro atoms. The molecule has 7 nitrogen and oxygen atoms in total. The number of nitrogens with one attached hydrogen (secondary N) is 1. The number of fused-ring (bicyclic) bond motifs is 1. The molecule has 0 aliphatic rings. The molecule has 0 saturated heterocycles. The van der Waals surface area contributed by atoms with Crippen LogP contribution in [0.15, 0.2) is 9.59 Å². The van der Waals surface area contributed by atoms with E-state index in [1.54, 1.807) is 6.92 Å².